The number of amides is 2. The summed E-state index contributed by atoms with van der Waals surface area (Å²) in [5, 5.41) is 5.42. The van der Waals surface area contributed by atoms with E-state index < -0.39 is 5.91 Å². The van der Waals surface area contributed by atoms with Crippen molar-refractivity contribution in [2.45, 2.75) is 6.92 Å². The van der Waals surface area contributed by atoms with Crippen LogP contribution in [0, 0.1) is 0 Å². The zero-order valence-corrected chi connectivity index (χ0v) is 17.0. The molecule has 0 saturated heterocycles. The van der Waals surface area contributed by atoms with Gasteiger partial charge in [0.05, 0.1) is 0 Å². The summed E-state index contributed by atoms with van der Waals surface area (Å²) in [4.78, 5) is 36.8. The van der Waals surface area contributed by atoms with Crippen molar-refractivity contribution in [2.75, 3.05) is 5.32 Å². The Labute approximate surface area is 181 Å². The fourth-order valence-corrected chi connectivity index (χ4v) is 2.76. The van der Waals surface area contributed by atoms with Crippen molar-refractivity contribution >= 4 is 29.4 Å². The molecule has 0 aliphatic heterocycles. The average molecular weight is 410 g/mol. The minimum atomic E-state index is -0.474. The molecule has 2 N–H and O–H groups in total. The third-order valence-electron chi connectivity index (χ3n) is 4.43. The van der Waals surface area contributed by atoms with Crippen molar-refractivity contribution in [3.8, 4) is 0 Å². The maximum atomic E-state index is 12.8. The number of anilines is 1. The second-order valence-electron chi connectivity index (χ2n) is 6.76. The van der Waals surface area contributed by atoms with E-state index in [4.69, 9.17) is 0 Å². The molecule has 3 aromatic carbocycles. The third kappa shape index (κ3) is 6.37. The minimum absolute atomic E-state index is 0.0559. The molecule has 0 fully saturated rings. The third-order valence-corrected chi connectivity index (χ3v) is 4.43. The van der Waals surface area contributed by atoms with Gasteiger partial charge >= 0.3 is 0 Å². The van der Waals surface area contributed by atoms with Crippen LogP contribution in [0.2, 0.25) is 0 Å². The molecular formula is C26H22N2O3. The predicted molar refractivity (Wildman–Crippen MR) is 123 cm³/mol. The van der Waals surface area contributed by atoms with Crippen LogP contribution in [0.5, 0.6) is 0 Å². The molecule has 0 atom stereocenters. The van der Waals surface area contributed by atoms with Crippen LogP contribution in [0.15, 0.2) is 103 Å². The lowest BCUT2D eigenvalue weighted by atomic mass is 10.1. The molecular weight excluding hydrogens is 388 g/mol. The van der Waals surface area contributed by atoms with E-state index in [0.29, 0.717) is 16.8 Å². The van der Waals surface area contributed by atoms with Crippen LogP contribution in [0.3, 0.4) is 0 Å². The number of nitrogens with one attached hydrogen (secondary N) is 2. The molecule has 0 spiro atoms. The highest BCUT2D eigenvalue weighted by Crippen LogP contribution is 2.12. The van der Waals surface area contributed by atoms with Gasteiger partial charge in [0.2, 0.25) is 0 Å². The molecule has 0 heterocycles. The Hall–Kier alpha value is -4.25. The Bertz CT molecular complexity index is 1120. The number of carbonyl (C=O) groups excluding carboxylic acids is 3. The van der Waals surface area contributed by atoms with Crippen molar-refractivity contribution < 1.29 is 14.4 Å². The zero-order chi connectivity index (χ0) is 22.1. The molecule has 0 aromatic heterocycles. The molecule has 5 heteroatoms. The van der Waals surface area contributed by atoms with E-state index in [0.717, 1.165) is 5.56 Å². The van der Waals surface area contributed by atoms with Crippen LogP contribution >= 0.6 is 0 Å². The van der Waals surface area contributed by atoms with Crippen molar-refractivity contribution in [2.24, 2.45) is 0 Å². The summed E-state index contributed by atoms with van der Waals surface area (Å²) in [5.74, 6) is -0.917. The summed E-state index contributed by atoms with van der Waals surface area (Å²) in [6.45, 7) is 1.48. The number of carbonyl (C=O) groups is 3. The maximum Gasteiger partial charge on any atom is 0.272 e. The normalized spacial score (nSPS) is 11.2. The SMILES string of the molecule is CC(=O)c1ccc(NC(=O)C(=CC=Cc2ccccc2)NC(=O)c2ccccc2)cc1. The van der Waals surface area contributed by atoms with Gasteiger partial charge in [-0.05, 0) is 55.0 Å². The lowest BCUT2D eigenvalue weighted by Gasteiger charge is -2.11. The summed E-state index contributed by atoms with van der Waals surface area (Å²) < 4.78 is 0. The van der Waals surface area contributed by atoms with E-state index in [1.54, 1.807) is 60.7 Å². The molecule has 3 rings (SSSR count). The number of benzene rings is 3. The van der Waals surface area contributed by atoms with Gasteiger partial charge in [-0.2, -0.15) is 0 Å². The topological polar surface area (TPSA) is 75.3 Å². The number of hydrogen-bond acceptors (Lipinski definition) is 3. The Morgan fingerprint density at radius 1 is 0.742 bits per heavy atom. The summed E-state index contributed by atoms with van der Waals surface area (Å²) in [7, 11) is 0. The molecule has 0 aliphatic rings. The van der Waals surface area contributed by atoms with Crippen LogP contribution in [-0.2, 0) is 4.79 Å². The highest BCUT2D eigenvalue weighted by Gasteiger charge is 2.14. The standard InChI is InChI=1S/C26H22N2O3/c1-19(29)21-15-17-23(18-16-21)27-26(31)24(14-8-11-20-9-4-2-5-10-20)28-25(30)22-12-6-3-7-13-22/h2-18H,1H3,(H,27,31)(H,28,30). The Balaban J connectivity index is 1.80. The lowest BCUT2D eigenvalue weighted by Crippen LogP contribution is -2.30. The number of rotatable bonds is 7. The summed E-state index contributed by atoms with van der Waals surface area (Å²) >= 11 is 0. The quantitative estimate of drug-likeness (QED) is 0.332. The van der Waals surface area contributed by atoms with Crippen molar-refractivity contribution in [1.29, 1.82) is 0 Å². The Morgan fingerprint density at radius 3 is 1.97 bits per heavy atom. The van der Waals surface area contributed by atoms with Crippen molar-refractivity contribution in [1.82, 2.24) is 5.32 Å². The molecule has 154 valence electrons. The van der Waals surface area contributed by atoms with E-state index in [2.05, 4.69) is 10.6 Å². The first kappa shape index (κ1) is 21.5. The Morgan fingerprint density at radius 2 is 1.35 bits per heavy atom. The van der Waals surface area contributed by atoms with Gasteiger partial charge in [0.15, 0.2) is 5.78 Å². The summed E-state index contributed by atoms with van der Waals surface area (Å²) in [5.41, 5.74) is 2.57. The summed E-state index contributed by atoms with van der Waals surface area (Å²) in [6, 6.07) is 24.8. The van der Waals surface area contributed by atoms with Gasteiger partial charge in [-0.1, -0.05) is 60.7 Å². The first-order chi connectivity index (χ1) is 15.0. The van der Waals surface area contributed by atoms with Crippen LogP contribution in [0.1, 0.15) is 33.2 Å². The predicted octanol–water partition coefficient (Wildman–Crippen LogP) is 4.86. The van der Waals surface area contributed by atoms with Crippen molar-refractivity contribution in [3.05, 3.63) is 119 Å². The highest BCUT2D eigenvalue weighted by molar-refractivity contribution is 6.08. The van der Waals surface area contributed by atoms with E-state index in [-0.39, 0.29) is 17.4 Å². The van der Waals surface area contributed by atoms with Gasteiger partial charge in [-0.15, -0.1) is 0 Å². The molecule has 5 nitrogen and oxygen atoms in total. The number of Topliss-reactive ketones (excluding diaryl/α,β-unsaturated/α-hetero) is 1. The largest absolute Gasteiger partial charge is 0.321 e. The minimum Gasteiger partial charge on any atom is -0.321 e. The fraction of sp³-hybridized carbons (Fsp3) is 0.0385. The second-order valence-corrected chi connectivity index (χ2v) is 6.76. The van der Waals surface area contributed by atoms with Crippen molar-refractivity contribution in [3.63, 3.8) is 0 Å². The monoisotopic (exact) mass is 410 g/mol. The fourth-order valence-electron chi connectivity index (χ4n) is 2.76. The van der Waals surface area contributed by atoms with Gasteiger partial charge in [-0.25, -0.2) is 0 Å². The van der Waals surface area contributed by atoms with Crippen LogP contribution < -0.4 is 10.6 Å². The molecule has 2 amide bonds. The first-order valence-corrected chi connectivity index (χ1v) is 9.75. The highest BCUT2D eigenvalue weighted by atomic mass is 16.2. The molecule has 0 aliphatic carbocycles. The van der Waals surface area contributed by atoms with Gasteiger partial charge < -0.3 is 10.6 Å². The smallest absolute Gasteiger partial charge is 0.272 e. The second kappa shape index (κ2) is 10.5. The lowest BCUT2D eigenvalue weighted by molar-refractivity contribution is -0.113. The molecule has 31 heavy (non-hydrogen) atoms. The van der Waals surface area contributed by atoms with Gasteiger partial charge in [0, 0.05) is 16.8 Å². The number of hydrogen-bond donors (Lipinski definition) is 2. The van der Waals surface area contributed by atoms with Crippen LogP contribution in [0.4, 0.5) is 5.69 Å². The molecule has 3 aromatic rings. The Kier molecular flexibility index (Phi) is 7.27. The van der Waals surface area contributed by atoms with Gasteiger partial charge in [0.25, 0.3) is 11.8 Å². The van der Waals surface area contributed by atoms with Crippen LogP contribution in [0.25, 0.3) is 6.08 Å². The molecule has 0 saturated carbocycles. The summed E-state index contributed by atoms with van der Waals surface area (Å²) in [6.07, 6.45) is 5.09. The van der Waals surface area contributed by atoms with Crippen LogP contribution in [-0.4, -0.2) is 17.6 Å². The van der Waals surface area contributed by atoms with E-state index >= 15 is 0 Å². The van der Waals surface area contributed by atoms with E-state index in [1.165, 1.54) is 6.92 Å². The van der Waals surface area contributed by atoms with Gasteiger partial charge in [0.1, 0.15) is 5.70 Å². The molecule has 0 radical (unpaired) electrons. The number of ketones is 1. The zero-order valence-electron chi connectivity index (χ0n) is 17.0. The first-order valence-electron chi connectivity index (χ1n) is 9.75. The van der Waals surface area contributed by atoms with E-state index in [9.17, 15) is 14.4 Å². The average Bonchev–Trinajstić information content (AvgIpc) is 2.80. The molecule has 0 bridgehead atoms. The van der Waals surface area contributed by atoms with E-state index in [1.807, 2.05) is 42.5 Å². The number of allylic oxidation sites excluding steroid dienone is 2. The van der Waals surface area contributed by atoms with Gasteiger partial charge in [-0.3, -0.25) is 14.4 Å². The maximum absolute atomic E-state index is 12.8. The molecule has 0 unspecified atom stereocenters.